The molecular weight excluding hydrogens is 274 g/mol. The number of nitrogens with zero attached hydrogens (tertiary/aromatic N) is 2. The molecule has 1 aliphatic rings. The lowest BCUT2D eigenvalue weighted by Crippen LogP contribution is -2.51. The summed E-state index contributed by atoms with van der Waals surface area (Å²) in [6.45, 7) is 1.03. The van der Waals surface area contributed by atoms with Crippen LogP contribution in [0.3, 0.4) is 0 Å². The largest absolute Gasteiger partial charge is 0.481 e. The van der Waals surface area contributed by atoms with Crippen molar-refractivity contribution >= 4 is 23.6 Å². The third kappa shape index (κ3) is 3.95. The number of aliphatic carboxylic acids is 1. The van der Waals surface area contributed by atoms with Gasteiger partial charge in [-0.05, 0) is 17.7 Å². The second-order valence-corrected chi connectivity index (χ2v) is 4.94. The van der Waals surface area contributed by atoms with E-state index in [9.17, 15) is 14.4 Å². The van der Waals surface area contributed by atoms with Crippen LogP contribution < -0.4 is 5.32 Å². The molecule has 1 aliphatic heterocycles. The number of likely N-dealkylation sites (N-methyl/N-ethyl adjacent to an activating group) is 1. The summed E-state index contributed by atoms with van der Waals surface area (Å²) in [6.07, 6.45) is -0.100. The maximum Gasteiger partial charge on any atom is 0.322 e. The monoisotopic (exact) mass is 291 g/mol. The van der Waals surface area contributed by atoms with Crippen LogP contribution in [0, 0.1) is 0 Å². The molecule has 0 radical (unpaired) electrons. The zero-order valence-corrected chi connectivity index (χ0v) is 11.7. The third-order valence-electron chi connectivity index (χ3n) is 3.28. The summed E-state index contributed by atoms with van der Waals surface area (Å²) in [6, 6.07) is 6.31. The summed E-state index contributed by atoms with van der Waals surface area (Å²) < 4.78 is 0. The number of hydrogen-bond acceptors (Lipinski definition) is 3. The van der Waals surface area contributed by atoms with Crippen LogP contribution in [0.5, 0.6) is 0 Å². The van der Waals surface area contributed by atoms with Crippen molar-refractivity contribution < 1.29 is 19.5 Å². The molecule has 0 saturated carbocycles. The smallest absolute Gasteiger partial charge is 0.322 e. The number of carboxylic acid groups (broad SMARTS) is 1. The Labute approximate surface area is 122 Å². The molecule has 0 aliphatic carbocycles. The number of carbonyl (C=O) groups is 3. The summed E-state index contributed by atoms with van der Waals surface area (Å²) in [5.41, 5.74) is 1.12. The molecule has 2 N–H and O–H groups in total. The fourth-order valence-electron chi connectivity index (χ4n) is 2.07. The normalized spacial score (nSPS) is 15.0. The van der Waals surface area contributed by atoms with E-state index >= 15 is 0 Å². The molecule has 1 fully saturated rings. The molecule has 1 aromatic carbocycles. The lowest BCUT2D eigenvalue weighted by Gasteiger charge is -2.31. The average molecular weight is 291 g/mol. The van der Waals surface area contributed by atoms with Crippen LogP contribution in [0.25, 0.3) is 0 Å². The molecule has 112 valence electrons. The quantitative estimate of drug-likeness (QED) is 0.854. The zero-order valence-electron chi connectivity index (χ0n) is 11.7. The molecule has 0 spiro atoms. The first-order valence-corrected chi connectivity index (χ1v) is 6.56. The Morgan fingerprint density at radius 2 is 2.10 bits per heavy atom. The molecular formula is C14H17N3O4. The van der Waals surface area contributed by atoms with Crippen LogP contribution in [0.15, 0.2) is 24.3 Å². The molecule has 0 aromatic heterocycles. The molecule has 0 unspecified atom stereocenters. The average Bonchev–Trinajstić information content (AvgIpc) is 2.41. The minimum atomic E-state index is -0.928. The highest BCUT2D eigenvalue weighted by Crippen LogP contribution is 2.13. The van der Waals surface area contributed by atoms with Crippen LogP contribution in [-0.2, 0) is 16.0 Å². The number of rotatable bonds is 3. The summed E-state index contributed by atoms with van der Waals surface area (Å²) in [4.78, 5) is 37.4. The van der Waals surface area contributed by atoms with Crippen LogP contribution in [0.4, 0.5) is 10.5 Å². The lowest BCUT2D eigenvalue weighted by atomic mass is 10.1. The molecule has 7 nitrogen and oxygen atoms in total. The third-order valence-corrected chi connectivity index (χ3v) is 3.28. The van der Waals surface area contributed by atoms with Crippen molar-refractivity contribution in [3.05, 3.63) is 29.8 Å². The van der Waals surface area contributed by atoms with Gasteiger partial charge in [-0.25, -0.2) is 4.79 Å². The Morgan fingerprint density at radius 1 is 1.33 bits per heavy atom. The van der Waals surface area contributed by atoms with E-state index in [1.54, 1.807) is 36.2 Å². The first kappa shape index (κ1) is 14.8. The van der Waals surface area contributed by atoms with Crippen molar-refractivity contribution in [2.75, 3.05) is 32.0 Å². The van der Waals surface area contributed by atoms with Gasteiger partial charge < -0.3 is 20.2 Å². The van der Waals surface area contributed by atoms with Crippen LogP contribution >= 0.6 is 0 Å². The number of carboxylic acids is 1. The van der Waals surface area contributed by atoms with Gasteiger partial charge in [0, 0.05) is 25.8 Å². The maximum absolute atomic E-state index is 12.1. The van der Waals surface area contributed by atoms with Crippen molar-refractivity contribution in [3.8, 4) is 0 Å². The molecule has 1 heterocycles. The van der Waals surface area contributed by atoms with Crippen molar-refractivity contribution in [1.82, 2.24) is 9.80 Å². The number of urea groups is 1. The topological polar surface area (TPSA) is 89.9 Å². The SMILES string of the molecule is CN1CCN(C(=O)Nc2cccc(CC(=O)O)c2)CC1=O. The number of amides is 3. The predicted octanol–water partition coefficient (Wildman–Crippen LogP) is 0.620. The van der Waals surface area contributed by atoms with E-state index in [1.807, 2.05) is 0 Å². The first-order valence-electron chi connectivity index (χ1n) is 6.56. The van der Waals surface area contributed by atoms with Gasteiger partial charge in [0.1, 0.15) is 6.54 Å². The lowest BCUT2D eigenvalue weighted by molar-refractivity contribution is -0.136. The van der Waals surface area contributed by atoms with Crippen LogP contribution in [-0.4, -0.2) is 59.5 Å². The van der Waals surface area contributed by atoms with Gasteiger partial charge >= 0.3 is 12.0 Å². The van der Waals surface area contributed by atoms with Gasteiger partial charge in [0.2, 0.25) is 5.91 Å². The van der Waals surface area contributed by atoms with Crippen molar-refractivity contribution in [1.29, 1.82) is 0 Å². The zero-order chi connectivity index (χ0) is 15.4. The number of piperazine rings is 1. The van der Waals surface area contributed by atoms with Gasteiger partial charge in [0.15, 0.2) is 0 Å². The van der Waals surface area contributed by atoms with E-state index in [-0.39, 0.29) is 24.9 Å². The highest BCUT2D eigenvalue weighted by Gasteiger charge is 2.24. The summed E-state index contributed by atoms with van der Waals surface area (Å²) in [7, 11) is 1.70. The van der Waals surface area contributed by atoms with Gasteiger partial charge in [-0.3, -0.25) is 9.59 Å². The van der Waals surface area contributed by atoms with Crippen LogP contribution in [0.2, 0.25) is 0 Å². The summed E-state index contributed by atoms with van der Waals surface area (Å²) in [5.74, 6) is -1.03. The van der Waals surface area contributed by atoms with E-state index in [0.717, 1.165) is 0 Å². The first-order chi connectivity index (χ1) is 9.95. The molecule has 1 saturated heterocycles. The fraction of sp³-hybridized carbons (Fsp3) is 0.357. The Morgan fingerprint density at radius 3 is 2.76 bits per heavy atom. The molecule has 2 rings (SSSR count). The van der Waals surface area contributed by atoms with E-state index in [2.05, 4.69) is 5.32 Å². The summed E-state index contributed by atoms with van der Waals surface area (Å²) in [5, 5.41) is 11.4. The predicted molar refractivity (Wildman–Crippen MR) is 76.0 cm³/mol. The van der Waals surface area contributed by atoms with Gasteiger partial charge in [-0.2, -0.15) is 0 Å². The summed E-state index contributed by atoms with van der Waals surface area (Å²) >= 11 is 0. The molecule has 1 aromatic rings. The minimum absolute atomic E-state index is 0.0527. The molecule has 0 bridgehead atoms. The van der Waals surface area contributed by atoms with Gasteiger partial charge in [0.25, 0.3) is 0 Å². The minimum Gasteiger partial charge on any atom is -0.481 e. The van der Waals surface area contributed by atoms with E-state index in [4.69, 9.17) is 5.11 Å². The number of hydrogen-bond donors (Lipinski definition) is 2. The molecule has 3 amide bonds. The molecule has 0 atom stereocenters. The van der Waals surface area contributed by atoms with E-state index in [1.165, 1.54) is 4.90 Å². The number of carbonyl (C=O) groups excluding carboxylic acids is 2. The second kappa shape index (κ2) is 6.25. The van der Waals surface area contributed by atoms with E-state index < -0.39 is 5.97 Å². The Hall–Kier alpha value is -2.57. The van der Waals surface area contributed by atoms with Crippen molar-refractivity contribution in [2.24, 2.45) is 0 Å². The van der Waals surface area contributed by atoms with E-state index in [0.29, 0.717) is 24.3 Å². The Bertz CT molecular complexity index is 573. The Kier molecular flexibility index (Phi) is 4.42. The number of anilines is 1. The van der Waals surface area contributed by atoms with Gasteiger partial charge in [-0.1, -0.05) is 12.1 Å². The number of nitrogens with one attached hydrogen (secondary N) is 1. The second-order valence-electron chi connectivity index (χ2n) is 4.94. The number of benzene rings is 1. The van der Waals surface area contributed by atoms with Crippen molar-refractivity contribution in [3.63, 3.8) is 0 Å². The highest BCUT2D eigenvalue weighted by molar-refractivity contribution is 5.93. The van der Waals surface area contributed by atoms with Gasteiger partial charge in [0.05, 0.1) is 6.42 Å². The molecule has 7 heteroatoms. The van der Waals surface area contributed by atoms with Crippen LogP contribution in [0.1, 0.15) is 5.56 Å². The molecule has 21 heavy (non-hydrogen) atoms. The standard InChI is InChI=1S/C14H17N3O4/c1-16-5-6-17(9-12(16)18)14(21)15-11-4-2-3-10(7-11)8-13(19)20/h2-4,7H,5-6,8-9H2,1H3,(H,15,21)(H,19,20). The van der Waals surface area contributed by atoms with Gasteiger partial charge in [-0.15, -0.1) is 0 Å². The highest BCUT2D eigenvalue weighted by atomic mass is 16.4. The maximum atomic E-state index is 12.1. The van der Waals surface area contributed by atoms with Crippen molar-refractivity contribution in [2.45, 2.75) is 6.42 Å². The fourth-order valence-corrected chi connectivity index (χ4v) is 2.07. The Balaban J connectivity index is 1.99.